The number of amides is 3. The summed E-state index contributed by atoms with van der Waals surface area (Å²) in [6, 6.07) is 5.47. The van der Waals surface area contributed by atoms with Crippen molar-refractivity contribution in [2.24, 2.45) is 0 Å². The molecule has 0 aromatic heterocycles. The number of nitrogens with zero attached hydrogens (tertiary/aromatic N) is 2. The highest BCUT2D eigenvalue weighted by atomic mass is 16.5. The second-order valence-electron chi connectivity index (χ2n) is 6.81. The maximum Gasteiger partial charge on any atom is 0.317 e. The fraction of sp³-hybridized carbons (Fsp3) is 0.579. The lowest BCUT2D eigenvalue weighted by atomic mass is 10.1. The quantitative estimate of drug-likeness (QED) is 0.892. The van der Waals surface area contributed by atoms with Gasteiger partial charge >= 0.3 is 6.03 Å². The number of carbonyl (C=O) groups excluding carboxylic acids is 2. The van der Waals surface area contributed by atoms with Crippen LogP contribution in [0.25, 0.3) is 0 Å². The average Bonchev–Trinajstić information content (AvgIpc) is 3.20. The van der Waals surface area contributed by atoms with Crippen molar-refractivity contribution in [3.05, 3.63) is 23.8 Å². The summed E-state index contributed by atoms with van der Waals surface area (Å²) < 4.78 is 10.5. The molecule has 3 amide bonds. The molecule has 1 aliphatic heterocycles. The normalized spacial score (nSPS) is 17.9. The van der Waals surface area contributed by atoms with Crippen LogP contribution in [0.5, 0.6) is 11.5 Å². The van der Waals surface area contributed by atoms with Crippen molar-refractivity contribution in [3.8, 4) is 11.5 Å². The van der Waals surface area contributed by atoms with Crippen LogP contribution in [-0.2, 0) is 0 Å². The molecule has 1 saturated carbocycles. The van der Waals surface area contributed by atoms with Gasteiger partial charge < -0.3 is 24.6 Å². The summed E-state index contributed by atoms with van der Waals surface area (Å²) >= 11 is 0. The number of hydrogen-bond donors (Lipinski definition) is 1. The van der Waals surface area contributed by atoms with Crippen LogP contribution in [0.15, 0.2) is 18.2 Å². The number of rotatable bonds is 4. The molecule has 1 aromatic rings. The van der Waals surface area contributed by atoms with Crippen molar-refractivity contribution in [3.63, 3.8) is 0 Å². The van der Waals surface area contributed by atoms with Crippen molar-refractivity contribution < 1.29 is 19.1 Å². The van der Waals surface area contributed by atoms with Gasteiger partial charge in [-0.1, -0.05) is 12.8 Å². The maximum atomic E-state index is 12.8. The fourth-order valence-corrected chi connectivity index (χ4v) is 3.56. The lowest BCUT2D eigenvalue weighted by Crippen LogP contribution is -2.54. The molecular weight excluding hydrogens is 334 g/mol. The molecule has 1 heterocycles. The van der Waals surface area contributed by atoms with Crippen molar-refractivity contribution in [2.45, 2.75) is 31.7 Å². The predicted octanol–water partition coefficient (Wildman–Crippen LogP) is 2.11. The van der Waals surface area contributed by atoms with Gasteiger partial charge in [-0.25, -0.2) is 4.79 Å². The molecule has 0 bridgehead atoms. The third-order valence-corrected chi connectivity index (χ3v) is 5.14. The van der Waals surface area contributed by atoms with E-state index in [2.05, 4.69) is 5.32 Å². The van der Waals surface area contributed by atoms with Gasteiger partial charge in [0.25, 0.3) is 5.91 Å². The SMILES string of the molecule is COc1cc(OC)cc(C(=O)N2CCN(C(=O)NC3CCCC3)CC2)c1. The lowest BCUT2D eigenvalue weighted by Gasteiger charge is -2.35. The van der Waals surface area contributed by atoms with E-state index in [-0.39, 0.29) is 11.9 Å². The van der Waals surface area contributed by atoms with Gasteiger partial charge in [-0.15, -0.1) is 0 Å². The predicted molar refractivity (Wildman–Crippen MR) is 97.8 cm³/mol. The summed E-state index contributed by atoms with van der Waals surface area (Å²) in [5, 5.41) is 3.10. The van der Waals surface area contributed by atoms with Crippen molar-refractivity contribution in [2.75, 3.05) is 40.4 Å². The number of piperazine rings is 1. The standard InChI is InChI=1S/C19H27N3O4/c1-25-16-11-14(12-17(13-16)26-2)18(23)21-7-9-22(10-8-21)19(24)20-15-5-3-4-6-15/h11-13,15H,3-10H2,1-2H3,(H,20,24). The van der Waals surface area contributed by atoms with Crippen LogP contribution < -0.4 is 14.8 Å². The summed E-state index contributed by atoms with van der Waals surface area (Å²) in [6.45, 7) is 2.14. The molecule has 7 heteroatoms. The highest BCUT2D eigenvalue weighted by Crippen LogP contribution is 2.24. The molecule has 7 nitrogen and oxygen atoms in total. The second-order valence-corrected chi connectivity index (χ2v) is 6.81. The molecule has 1 aliphatic carbocycles. The first-order valence-electron chi connectivity index (χ1n) is 9.18. The molecule has 0 atom stereocenters. The molecule has 0 spiro atoms. The molecule has 1 saturated heterocycles. The van der Waals surface area contributed by atoms with E-state index >= 15 is 0 Å². The molecule has 142 valence electrons. The van der Waals surface area contributed by atoms with Crippen LogP contribution >= 0.6 is 0 Å². The zero-order valence-corrected chi connectivity index (χ0v) is 15.5. The molecule has 26 heavy (non-hydrogen) atoms. The van der Waals surface area contributed by atoms with Gasteiger partial charge in [0.2, 0.25) is 0 Å². The smallest absolute Gasteiger partial charge is 0.317 e. The topological polar surface area (TPSA) is 71.1 Å². The van der Waals surface area contributed by atoms with Crippen LogP contribution in [0, 0.1) is 0 Å². The van der Waals surface area contributed by atoms with Crippen LogP contribution in [0.1, 0.15) is 36.0 Å². The minimum Gasteiger partial charge on any atom is -0.497 e. The molecule has 2 aliphatic rings. The molecule has 3 rings (SSSR count). The van der Waals surface area contributed by atoms with Crippen LogP contribution in [0.3, 0.4) is 0 Å². The summed E-state index contributed by atoms with van der Waals surface area (Å²) in [4.78, 5) is 28.7. The molecule has 0 radical (unpaired) electrons. The number of hydrogen-bond acceptors (Lipinski definition) is 4. The summed E-state index contributed by atoms with van der Waals surface area (Å²) in [5.74, 6) is 1.10. The number of methoxy groups -OCH3 is 2. The second kappa shape index (κ2) is 8.29. The Kier molecular flexibility index (Phi) is 5.85. The third kappa shape index (κ3) is 4.20. The Morgan fingerprint density at radius 1 is 0.923 bits per heavy atom. The van der Waals surface area contributed by atoms with Crippen LogP contribution in [0.2, 0.25) is 0 Å². The summed E-state index contributed by atoms with van der Waals surface area (Å²) in [6.07, 6.45) is 4.53. The van der Waals surface area contributed by atoms with Gasteiger partial charge in [-0.3, -0.25) is 4.79 Å². The van der Waals surface area contributed by atoms with E-state index in [0.717, 1.165) is 12.8 Å². The Morgan fingerprint density at radius 2 is 1.46 bits per heavy atom. The lowest BCUT2D eigenvalue weighted by molar-refractivity contribution is 0.0663. The van der Waals surface area contributed by atoms with Crippen molar-refractivity contribution in [1.29, 1.82) is 0 Å². The largest absolute Gasteiger partial charge is 0.497 e. The van der Waals surface area contributed by atoms with E-state index in [0.29, 0.717) is 49.3 Å². The van der Waals surface area contributed by atoms with Crippen LogP contribution in [-0.4, -0.2) is 68.2 Å². The number of urea groups is 1. The fourth-order valence-electron chi connectivity index (χ4n) is 3.56. The number of nitrogens with one attached hydrogen (secondary N) is 1. The number of ether oxygens (including phenoxy) is 2. The minimum atomic E-state index is -0.0712. The van der Waals surface area contributed by atoms with Crippen molar-refractivity contribution in [1.82, 2.24) is 15.1 Å². The van der Waals surface area contributed by atoms with Gasteiger partial charge in [0.1, 0.15) is 11.5 Å². The first kappa shape index (κ1) is 18.4. The van der Waals surface area contributed by atoms with Crippen LogP contribution in [0.4, 0.5) is 4.79 Å². The first-order valence-corrected chi connectivity index (χ1v) is 9.18. The van der Waals surface area contributed by atoms with Crippen molar-refractivity contribution >= 4 is 11.9 Å². The molecular formula is C19H27N3O4. The van der Waals surface area contributed by atoms with Gasteiger partial charge in [-0.05, 0) is 25.0 Å². The highest BCUT2D eigenvalue weighted by molar-refractivity contribution is 5.95. The molecule has 2 fully saturated rings. The molecule has 1 aromatic carbocycles. The van der Waals surface area contributed by atoms with E-state index < -0.39 is 0 Å². The van der Waals surface area contributed by atoms with E-state index in [1.165, 1.54) is 12.8 Å². The van der Waals surface area contributed by atoms with Gasteiger partial charge in [-0.2, -0.15) is 0 Å². The monoisotopic (exact) mass is 361 g/mol. The Balaban J connectivity index is 1.57. The molecule has 1 N–H and O–H groups in total. The number of benzene rings is 1. The van der Waals surface area contributed by atoms with E-state index in [1.54, 1.807) is 42.2 Å². The zero-order chi connectivity index (χ0) is 18.5. The van der Waals surface area contributed by atoms with E-state index in [9.17, 15) is 9.59 Å². The Morgan fingerprint density at radius 3 is 2.00 bits per heavy atom. The van der Waals surface area contributed by atoms with E-state index in [1.807, 2.05) is 0 Å². The Bertz CT molecular complexity index is 628. The van der Waals surface area contributed by atoms with Gasteiger partial charge in [0.05, 0.1) is 14.2 Å². The highest BCUT2D eigenvalue weighted by Gasteiger charge is 2.27. The third-order valence-electron chi connectivity index (χ3n) is 5.14. The minimum absolute atomic E-state index is 0.00736. The molecule has 0 unspecified atom stereocenters. The first-order chi connectivity index (χ1) is 12.6. The zero-order valence-electron chi connectivity index (χ0n) is 15.5. The summed E-state index contributed by atoms with van der Waals surface area (Å²) in [7, 11) is 3.12. The van der Waals surface area contributed by atoms with Gasteiger partial charge in [0, 0.05) is 43.9 Å². The van der Waals surface area contributed by atoms with E-state index in [4.69, 9.17) is 9.47 Å². The Labute approximate surface area is 154 Å². The van der Waals surface area contributed by atoms with Gasteiger partial charge in [0.15, 0.2) is 0 Å². The maximum absolute atomic E-state index is 12.8. The summed E-state index contributed by atoms with van der Waals surface area (Å²) in [5.41, 5.74) is 0.532. The Hall–Kier alpha value is -2.44. The average molecular weight is 361 g/mol. The number of carbonyl (C=O) groups is 2.